The maximum Gasteiger partial charge on any atom is 0.421 e. The van der Waals surface area contributed by atoms with Crippen LogP contribution in [0.1, 0.15) is 51.6 Å². The first kappa shape index (κ1) is 42.9. The summed E-state index contributed by atoms with van der Waals surface area (Å²) >= 11 is 0. The quantitative estimate of drug-likeness (QED) is 0.0803. The van der Waals surface area contributed by atoms with Gasteiger partial charge in [-0.3, -0.25) is 24.2 Å². The monoisotopic (exact) mass is 849 g/mol. The number of aliphatic carboxylic acids is 1. The van der Waals surface area contributed by atoms with E-state index in [2.05, 4.69) is 16.7 Å². The SMILES string of the molecule is COCCOC(=O)N1C(=O)C2(c3cc(C#CCN(C)Cc4ccccc4)ccc31)C(C(=O)O)C1C(=O)OC(c3ccccc3)C(c3ccccc3)N1C2c1ccc(OCCO)cc1. The fourth-order valence-corrected chi connectivity index (χ4v) is 9.36. The fourth-order valence-electron chi connectivity index (χ4n) is 9.36. The number of morpholine rings is 1. The lowest BCUT2D eigenvalue weighted by atomic mass is 9.65. The minimum atomic E-state index is -2.14. The van der Waals surface area contributed by atoms with Gasteiger partial charge < -0.3 is 29.2 Å². The first-order valence-electron chi connectivity index (χ1n) is 20.7. The largest absolute Gasteiger partial charge is 0.491 e. The van der Waals surface area contributed by atoms with Gasteiger partial charge in [-0.05, 0) is 65.2 Å². The summed E-state index contributed by atoms with van der Waals surface area (Å²) in [5.41, 5.74) is 1.59. The van der Waals surface area contributed by atoms with Crippen LogP contribution < -0.4 is 9.64 Å². The van der Waals surface area contributed by atoms with E-state index >= 15 is 4.79 Å². The van der Waals surface area contributed by atoms with Crippen LogP contribution in [-0.2, 0) is 40.6 Å². The number of carboxylic acids is 1. The predicted octanol–water partition coefficient (Wildman–Crippen LogP) is 6.07. The minimum Gasteiger partial charge on any atom is -0.491 e. The Labute approximate surface area is 365 Å². The Morgan fingerprint density at radius 1 is 0.810 bits per heavy atom. The van der Waals surface area contributed by atoms with Crippen molar-refractivity contribution in [1.29, 1.82) is 0 Å². The molecule has 3 aliphatic heterocycles. The summed E-state index contributed by atoms with van der Waals surface area (Å²) in [6, 6.07) is 36.6. The van der Waals surface area contributed by atoms with E-state index in [1.54, 1.807) is 47.4 Å². The molecule has 0 radical (unpaired) electrons. The smallest absolute Gasteiger partial charge is 0.421 e. The molecule has 2 fully saturated rings. The Morgan fingerprint density at radius 3 is 2.13 bits per heavy atom. The average molecular weight is 850 g/mol. The molecule has 0 aromatic heterocycles. The van der Waals surface area contributed by atoms with Crippen molar-refractivity contribution in [2.24, 2.45) is 5.92 Å². The summed E-state index contributed by atoms with van der Waals surface area (Å²) in [5, 5.41) is 21.0. The lowest BCUT2D eigenvalue weighted by molar-refractivity contribution is -0.179. The third-order valence-corrected chi connectivity index (χ3v) is 11.9. The standard InChI is InChI=1S/C50H47N3O10/c1-51(32-34-13-6-3-7-14-34)26-12-15-33-20-25-40-39(31-33)50(48(58)52(40)49(59)62-30-29-60-2)41(46(55)56)43-47(57)63-44(36-18-10-5-11-19-36)42(35-16-8-4-9-17-35)53(43)45(50)37-21-23-38(24-22-37)61-28-27-54/h3-11,13-14,16-25,31,41-45,54H,26-30,32H2,1-2H3,(H,55,56). The number of fused-ring (bicyclic) bond motifs is 3. The lowest BCUT2D eigenvalue weighted by Crippen LogP contribution is -2.53. The Hall–Kier alpha value is -6.82. The number of carbonyl (C=O) groups is 4. The van der Waals surface area contributed by atoms with Gasteiger partial charge in [-0.1, -0.05) is 115 Å². The number of anilines is 1. The van der Waals surface area contributed by atoms with E-state index in [1.165, 1.54) is 7.11 Å². The van der Waals surface area contributed by atoms with Crippen LogP contribution in [-0.4, -0.2) is 97.1 Å². The van der Waals surface area contributed by atoms with Crippen molar-refractivity contribution in [2.75, 3.05) is 52.0 Å². The second-order valence-corrected chi connectivity index (χ2v) is 15.7. The molecule has 3 aliphatic rings. The summed E-state index contributed by atoms with van der Waals surface area (Å²) in [5.74, 6) is 1.92. The number of cyclic esters (lactones) is 1. The van der Waals surface area contributed by atoms with Crippen LogP contribution in [0.15, 0.2) is 133 Å². The number of esters is 1. The average Bonchev–Trinajstić information content (AvgIpc) is 3.76. The molecule has 2 amide bonds. The van der Waals surface area contributed by atoms with Gasteiger partial charge in [0.1, 0.15) is 42.4 Å². The molecule has 5 aromatic rings. The van der Waals surface area contributed by atoms with Crippen LogP contribution in [0.3, 0.4) is 0 Å². The Bertz CT molecular complexity index is 2510. The second kappa shape index (κ2) is 18.7. The second-order valence-electron chi connectivity index (χ2n) is 15.7. The minimum absolute atomic E-state index is 0.0283. The molecule has 0 aliphatic carbocycles. The van der Waals surface area contributed by atoms with Crippen LogP contribution in [0.25, 0.3) is 0 Å². The molecule has 2 saturated heterocycles. The zero-order chi connectivity index (χ0) is 44.1. The van der Waals surface area contributed by atoms with Crippen molar-refractivity contribution < 1.29 is 48.3 Å². The van der Waals surface area contributed by atoms with Crippen molar-refractivity contribution in [3.05, 3.63) is 167 Å². The maximum absolute atomic E-state index is 15.9. The molecule has 6 atom stereocenters. The number of nitrogens with zero attached hydrogens (tertiary/aromatic N) is 3. The maximum atomic E-state index is 15.9. The highest BCUT2D eigenvalue weighted by molar-refractivity contribution is 6.23. The van der Waals surface area contributed by atoms with Gasteiger partial charge in [0.2, 0.25) is 5.91 Å². The number of rotatable bonds is 13. The molecular weight excluding hydrogens is 803 g/mol. The molecular formula is C50H47N3O10. The van der Waals surface area contributed by atoms with Crippen molar-refractivity contribution in [3.63, 3.8) is 0 Å². The molecule has 2 N–H and O–H groups in total. The lowest BCUT2D eigenvalue weighted by Gasteiger charge is -2.46. The van der Waals surface area contributed by atoms with Gasteiger partial charge in [0, 0.05) is 19.2 Å². The predicted molar refractivity (Wildman–Crippen MR) is 231 cm³/mol. The summed E-state index contributed by atoms with van der Waals surface area (Å²) in [6.07, 6.45) is -1.96. The van der Waals surface area contributed by atoms with Crippen LogP contribution in [0.5, 0.6) is 5.75 Å². The van der Waals surface area contributed by atoms with Crippen LogP contribution >= 0.6 is 0 Å². The van der Waals surface area contributed by atoms with E-state index in [0.29, 0.717) is 41.1 Å². The first-order valence-corrected chi connectivity index (χ1v) is 20.7. The highest BCUT2D eigenvalue weighted by Gasteiger charge is 2.76. The number of benzene rings is 5. The van der Waals surface area contributed by atoms with E-state index in [1.807, 2.05) is 98.0 Å². The van der Waals surface area contributed by atoms with Gasteiger partial charge in [0.25, 0.3) is 0 Å². The van der Waals surface area contributed by atoms with Gasteiger partial charge in [0.05, 0.1) is 37.5 Å². The summed E-state index contributed by atoms with van der Waals surface area (Å²) < 4.78 is 22.8. The number of methoxy groups -OCH3 is 1. The topological polar surface area (TPSA) is 155 Å². The van der Waals surface area contributed by atoms with Gasteiger partial charge in [0.15, 0.2) is 0 Å². The number of carboxylic acid groups (broad SMARTS) is 1. The number of carbonyl (C=O) groups excluding carboxylic acids is 3. The number of aliphatic hydroxyl groups is 1. The highest BCUT2D eigenvalue weighted by Crippen LogP contribution is 2.66. The molecule has 1 spiro atoms. The third kappa shape index (κ3) is 8.06. The van der Waals surface area contributed by atoms with E-state index < -0.39 is 59.5 Å². The molecule has 322 valence electrons. The van der Waals surface area contributed by atoms with E-state index in [9.17, 15) is 24.6 Å². The molecule has 3 heterocycles. The zero-order valence-corrected chi connectivity index (χ0v) is 34.8. The molecule has 6 unspecified atom stereocenters. The van der Waals surface area contributed by atoms with Crippen molar-refractivity contribution in [1.82, 2.24) is 9.80 Å². The molecule has 5 aromatic carbocycles. The molecule has 63 heavy (non-hydrogen) atoms. The zero-order valence-electron chi connectivity index (χ0n) is 34.8. The Morgan fingerprint density at radius 2 is 1.48 bits per heavy atom. The molecule has 0 saturated carbocycles. The summed E-state index contributed by atoms with van der Waals surface area (Å²) in [7, 11) is 3.40. The molecule has 13 heteroatoms. The highest BCUT2D eigenvalue weighted by atomic mass is 16.6. The van der Waals surface area contributed by atoms with Gasteiger partial charge in [-0.25, -0.2) is 9.69 Å². The molecule has 0 bridgehead atoms. The van der Waals surface area contributed by atoms with Gasteiger partial charge >= 0.3 is 18.0 Å². The first-order chi connectivity index (χ1) is 30.7. The normalized spacial score (nSPS) is 22.5. The third-order valence-electron chi connectivity index (χ3n) is 11.9. The summed E-state index contributed by atoms with van der Waals surface area (Å²) in [4.78, 5) is 63.8. The van der Waals surface area contributed by atoms with E-state index in [4.69, 9.17) is 18.9 Å². The van der Waals surface area contributed by atoms with Gasteiger partial charge in [-0.2, -0.15) is 0 Å². The fraction of sp³-hybridized carbons (Fsp3) is 0.280. The van der Waals surface area contributed by atoms with Crippen molar-refractivity contribution in [3.8, 4) is 17.6 Å². The Kier molecular flexibility index (Phi) is 12.7. The van der Waals surface area contributed by atoms with Gasteiger partial charge in [-0.15, -0.1) is 0 Å². The van der Waals surface area contributed by atoms with Crippen molar-refractivity contribution >= 4 is 29.6 Å². The van der Waals surface area contributed by atoms with Crippen LogP contribution in [0.2, 0.25) is 0 Å². The number of ether oxygens (including phenoxy) is 4. The van der Waals surface area contributed by atoms with Crippen LogP contribution in [0.4, 0.5) is 10.5 Å². The van der Waals surface area contributed by atoms with Crippen molar-refractivity contribution in [2.45, 2.75) is 36.2 Å². The number of amides is 2. The molecule has 8 rings (SSSR count). The Balaban J connectivity index is 1.35. The number of hydrogen-bond acceptors (Lipinski definition) is 11. The van der Waals surface area contributed by atoms with E-state index in [0.717, 1.165) is 10.5 Å². The number of aliphatic hydroxyl groups excluding tert-OH is 1. The number of imide groups is 1. The summed E-state index contributed by atoms with van der Waals surface area (Å²) in [6.45, 7) is 0.717. The number of hydrogen-bond donors (Lipinski definition) is 2. The van der Waals surface area contributed by atoms with E-state index in [-0.39, 0.29) is 37.7 Å². The van der Waals surface area contributed by atoms with Crippen LogP contribution in [0, 0.1) is 17.8 Å². The molecule has 13 nitrogen and oxygen atoms in total.